The molecule has 0 aromatic heterocycles. The van der Waals surface area contributed by atoms with Gasteiger partial charge in [-0.2, -0.15) is 0 Å². The Morgan fingerprint density at radius 1 is 1.00 bits per heavy atom. The Morgan fingerprint density at radius 3 is 2.64 bits per heavy atom. The molecular weight excluding hydrogens is 264 g/mol. The van der Waals surface area contributed by atoms with Crippen LogP contribution in [0.15, 0.2) is 83.5 Å². The monoisotopic (exact) mass is 286 g/mol. The van der Waals surface area contributed by atoms with Crippen LogP contribution < -0.4 is 0 Å². The fraction of sp³-hybridized carbons (Fsp3) is 0.273. The van der Waals surface area contributed by atoms with Crippen molar-refractivity contribution in [2.24, 2.45) is 17.8 Å². The third kappa shape index (κ3) is 1.98. The van der Waals surface area contributed by atoms with E-state index in [0.717, 1.165) is 6.42 Å². The Balaban J connectivity index is 1.88. The van der Waals surface area contributed by atoms with Crippen molar-refractivity contribution in [1.82, 2.24) is 0 Å². The summed E-state index contributed by atoms with van der Waals surface area (Å²) in [6.07, 6.45) is 15.0. The van der Waals surface area contributed by atoms with E-state index in [1.165, 1.54) is 11.1 Å². The minimum atomic E-state index is 0.522. The Bertz CT molecular complexity index is 738. The summed E-state index contributed by atoms with van der Waals surface area (Å²) in [6, 6.07) is 10.8. The molecule has 22 heavy (non-hydrogen) atoms. The van der Waals surface area contributed by atoms with Crippen LogP contribution in [-0.2, 0) is 0 Å². The molecule has 0 nitrogen and oxygen atoms in total. The van der Waals surface area contributed by atoms with Gasteiger partial charge < -0.3 is 0 Å². The van der Waals surface area contributed by atoms with Crippen molar-refractivity contribution >= 4 is 5.57 Å². The summed E-state index contributed by atoms with van der Waals surface area (Å²) in [5, 5.41) is 0. The first-order chi connectivity index (χ1) is 10.8. The maximum atomic E-state index is 2.40. The molecule has 0 aliphatic heterocycles. The van der Waals surface area contributed by atoms with Gasteiger partial charge in [0.2, 0.25) is 0 Å². The fourth-order valence-electron chi connectivity index (χ4n) is 4.34. The van der Waals surface area contributed by atoms with Crippen LogP contribution in [0.25, 0.3) is 5.57 Å². The molecular formula is C22H22. The molecule has 0 heterocycles. The van der Waals surface area contributed by atoms with Gasteiger partial charge in [0.05, 0.1) is 0 Å². The van der Waals surface area contributed by atoms with Crippen LogP contribution in [0.1, 0.15) is 25.8 Å². The largest absolute Gasteiger partial charge is 0.0836 e. The molecule has 4 rings (SSSR count). The average molecular weight is 286 g/mol. The fourth-order valence-corrected chi connectivity index (χ4v) is 4.34. The van der Waals surface area contributed by atoms with Crippen LogP contribution in [0.4, 0.5) is 0 Å². The Labute approximate surface area is 133 Å². The van der Waals surface area contributed by atoms with Gasteiger partial charge in [0.1, 0.15) is 0 Å². The molecule has 1 aromatic carbocycles. The Kier molecular flexibility index (Phi) is 3.26. The zero-order chi connectivity index (χ0) is 15.1. The smallest absolute Gasteiger partial charge is 0.00901 e. The first-order valence-corrected chi connectivity index (χ1v) is 8.29. The summed E-state index contributed by atoms with van der Waals surface area (Å²) in [4.78, 5) is 0. The van der Waals surface area contributed by atoms with Crippen molar-refractivity contribution in [3.05, 3.63) is 89.1 Å². The van der Waals surface area contributed by atoms with E-state index < -0.39 is 0 Å². The maximum Gasteiger partial charge on any atom is 0.00901 e. The average Bonchev–Trinajstić information content (AvgIpc) is 2.60. The highest BCUT2D eigenvalue weighted by Gasteiger charge is 2.37. The van der Waals surface area contributed by atoms with Crippen LogP contribution in [0.2, 0.25) is 0 Å². The van der Waals surface area contributed by atoms with Crippen LogP contribution in [0, 0.1) is 17.8 Å². The van der Waals surface area contributed by atoms with Gasteiger partial charge in [0.15, 0.2) is 0 Å². The molecule has 0 saturated heterocycles. The second kappa shape index (κ2) is 5.28. The number of allylic oxidation sites excluding steroid dienone is 10. The molecule has 110 valence electrons. The molecule has 0 saturated carbocycles. The Hall–Kier alpha value is -2.08. The van der Waals surface area contributed by atoms with Crippen molar-refractivity contribution in [2.45, 2.75) is 20.3 Å². The third-order valence-electron chi connectivity index (χ3n) is 5.50. The first-order valence-electron chi connectivity index (χ1n) is 8.29. The summed E-state index contributed by atoms with van der Waals surface area (Å²) in [5.74, 6) is 1.72. The quantitative estimate of drug-likeness (QED) is 0.619. The summed E-state index contributed by atoms with van der Waals surface area (Å²) >= 11 is 0. The van der Waals surface area contributed by atoms with Gasteiger partial charge in [-0.15, -0.1) is 0 Å². The summed E-state index contributed by atoms with van der Waals surface area (Å²) in [5.41, 5.74) is 7.52. The molecule has 0 spiro atoms. The van der Waals surface area contributed by atoms with E-state index in [9.17, 15) is 0 Å². The lowest BCUT2D eigenvalue weighted by molar-refractivity contribution is 0.459. The standard InChI is InChI=1S/C22H22/c1-15-18-11-6-7-12-19(18)16(2)22-20(15)13-8-14-21(22)17-9-4-3-5-10-17/h3-11,13-15,19-20H,12H2,1-2H3. The third-order valence-corrected chi connectivity index (χ3v) is 5.50. The predicted octanol–water partition coefficient (Wildman–Crippen LogP) is 5.72. The van der Waals surface area contributed by atoms with E-state index in [-0.39, 0.29) is 0 Å². The molecule has 0 radical (unpaired) electrons. The normalized spacial score (nSPS) is 29.6. The number of rotatable bonds is 1. The van der Waals surface area contributed by atoms with Crippen LogP contribution in [0.5, 0.6) is 0 Å². The molecule has 3 atom stereocenters. The zero-order valence-corrected chi connectivity index (χ0v) is 13.3. The van der Waals surface area contributed by atoms with Gasteiger partial charge in [0.25, 0.3) is 0 Å². The minimum Gasteiger partial charge on any atom is -0.0836 e. The van der Waals surface area contributed by atoms with Crippen LogP contribution in [-0.4, -0.2) is 0 Å². The minimum absolute atomic E-state index is 0.522. The zero-order valence-electron chi connectivity index (χ0n) is 13.3. The van der Waals surface area contributed by atoms with E-state index in [0.29, 0.717) is 17.8 Å². The van der Waals surface area contributed by atoms with Gasteiger partial charge in [-0.25, -0.2) is 0 Å². The predicted molar refractivity (Wildman–Crippen MR) is 94.2 cm³/mol. The van der Waals surface area contributed by atoms with E-state index in [2.05, 4.69) is 80.6 Å². The topological polar surface area (TPSA) is 0 Å². The van der Waals surface area contributed by atoms with Crippen molar-refractivity contribution in [1.29, 1.82) is 0 Å². The molecule has 3 aliphatic carbocycles. The summed E-state index contributed by atoms with van der Waals surface area (Å²) in [7, 11) is 0. The molecule has 0 fully saturated rings. The maximum absolute atomic E-state index is 2.40. The van der Waals surface area contributed by atoms with E-state index in [4.69, 9.17) is 0 Å². The van der Waals surface area contributed by atoms with Gasteiger partial charge in [-0.3, -0.25) is 0 Å². The van der Waals surface area contributed by atoms with Gasteiger partial charge in [-0.05, 0) is 36.0 Å². The highest BCUT2D eigenvalue weighted by molar-refractivity contribution is 5.84. The number of benzene rings is 1. The lowest BCUT2D eigenvalue weighted by Crippen LogP contribution is -2.29. The van der Waals surface area contributed by atoms with E-state index >= 15 is 0 Å². The molecule has 0 amide bonds. The highest BCUT2D eigenvalue weighted by atomic mass is 14.4. The van der Waals surface area contributed by atoms with Crippen molar-refractivity contribution in [3.63, 3.8) is 0 Å². The highest BCUT2D eigenvalue weighted by Crippen LogP contribution is 2.50. The number of hydrogen-bond donors (Lipinski definition) is 0. The molecule has 0 bridgehead atoms. The van der Waals surface area contributed by atoms with Crippen molar-refractivity contribution < 1.29 is 0 Å². The van der Waals surface area contributed by atoms with E-state index in [1.807, 2.05) is 0 Å². The second-order valence-electron chi connectivity index (χ2n) is 6.63. The second-order valence-corrected chi connectivity index (χ2v) is 6.63. The van der Waals surface area contributed by atoms with Crippen molar-refractivity contribution in [2.75, 3.05) is 0 Å². The van der Waals surface area contributed by atoms with Crippen LogP contribution in [0.3, 0.4) is 0 Å². The Morgan fingerprint density at radius 2 is 1.82 bits per heavy atom. The number of hydrogen-bond acceptors (Lipinski definition) is 0. The summed E-state index contributed by atoms with van der Waals surface area (Å²) < 4.78 is 0. The summed E-state index contributed by atoms with van der Waals surface area (Å²) in [6.45, 7) is 4.75. The lowest BCUT2D eigenvalue weighted by Gasteiger charge is -2.41. The van der Waals surface area contributed by atoms with Gasteiger partial charge in [-0.1, -0.05) is 84.9 Å². The molecule has 0 N–H and O–H groups in total. The van der Waals surface area contributed by atoms with E-state index in [1.54, 1.807) is 16.7 Å². The van der Waals surface area contributed by atoms with Crippen LogP contribution >= 0.6 is 0 Å². The van der Waals surface area contributed by atoms with Crippen molar-refractivity contribution in [3.8, 4) is 0 Å². The molecule has 0 heteroatoms. The SMILES string of the molecule is CC1=C2C(c3ccccc3)=CC=CC2C(C)C2=CC=CCC21. The van der Waals surface area contributed by atoms with Gasteiger partial charge >= 0.3 is 0 Å². The van der Waals surface area contributed by atoms with Gasteiger partial charge in [0, 0.05) is 11.8 Å². The molecule has 3 aliphatic rings. The molecule has 1 aromatic rings. The molecule has 3 unspecified atom stereocenters. The lowest BCUT2D eigenvalue weighted by atomic mass is 9.63. The first kappa shape index (κ1) is 13.6. The number of fused-ring (bicyclic) bond motifs is 2.